The Morgan fingerprint density at radius 1 is 0.935 bits per heavy atom. The molecular weight excluding hydrogens is 408 g/mol. The first kappa shape index (κ1) is 22.7. The fourth-order valence-electron chi connectivity index (χ4n) is 2.76. The molecule has 0 radical (unpaired) electrons. The second-order valence-electron chi connectivity index (χ2n) is 7.47. The summed E-state index contributed by atoms with van der Waals surface area (Å²) in [5, 5.41) is 22.4. The second kappa shape index (κ2) is 10.9. The van der Waals surface area contributed by atoms with E-state index in [9.17, 15) is 10.2 Å². The van der Waals surface area contributed by atoms with E-state index in [2.05, 4.69) is 22.1 Å². The Morgan fingerprint density at radius 2 is 1.61 bits per heavy atom. The van der Waals surface area contributed by atoms with E-state index in [1.54, 1.807) is 6.92 Å². The van der Waals surface area contributed by atoms with Crippen LogP contribution in [0.2, 0.25) is 5.02 Å². The zero-order valence-corrected chi connectivity index (χ0v) is 18.1. The van der Waals surface area contributed by atoms with Crippen LogP contribution in [0, 0.1) is 11.8 Å². The molecule has 5 heteroatoms. The topological polar surface area (TPSA) is 65.4 Å². The largest absolute Gasteiger partial charge is 0.394 e. The Morgan fingerprint density at radius 3 is 2.23 bits per heavy atom. The minimum absolute atomic E-state index is 0.122. The number of hydrogen-bond acceptors (Lipinski definition) is 4. The van der Waals surface area contributed by atoms with Crippen LogP contribution in [-0.2, 0) is 0 Å². The molecule has 0 aliphatic carbocycles. The van der Waals surface area contributed by atoms with Crippen molar-refractivity contribution in [2.75, 3.05) is 19.8 Å². The van der Waals surface area contributed by atoms with Crippen molar-refractivity contribution in [3.05, 3.63) is 94.8 Å². The molecule has 4 nitrogen and oxygen atoms in total. The first-order chi connectivity index (χ1) is 15.0. The Labute approximate surface area is 188 Å². The quantitative estimate of drug-likeness (QED) is 0.491. The summed E-state index contributed by atoms with van der Waals surface area (Å²) in [6.07, 6.45) is 5.75. The van der Waals surface area contributed by atoms with Crippen LogP contribution in [0.25, 0.3) is 17.2 Å². The van der Waals surface area contributed by atoms with Gasteiger partial charge in [-0.2, -0.15) is 0 Å². The number of aliphatic hydroxyl groups is 2. The van der Waals surface area contributed by atoms with E-state index in [1.807, 2.05) is 79.0 Å². The van der Waals surface area contributed by atoms with E-state index < -0.39 is 5.54 Å². The summed E-state index contributed by atoms with van der Waals surface area (Å²) >= 11 is 5.94. The maximum absolute atomic E-state index is 9.27. The molecule has 0 aliphatic rings. The summed E-state index contributed by atoms with van der Waals surface area (Å²) in [7, 11) is 0. The molecule has 0 saturated heterocycles. The highest BCUT2D eigenvalue weighted by molar-refractivity contribution is 6.30. The van der Waals surface area contributed by atoms with Gasteiger partial charge in [0.25, 0.3) is 0 Å². The molecule has 0 saturated carbocycles. The zero-order chi connectivity index (χ0) is 22.1. The predicted octanol–water partition coefficient (Wildman–Crippen LogP) is 4.15. The molecule has 0 unspecified atom stereocenters. The third-order valence-corrected chi connectivity index (χ3v) is 5.09. The normalized spacial score (nSPS) is 11.4. The maximum atomic E-state index is 9.27. The van der Waals surface area contributed by atoms with Crippen molar-refractivity contribution < 1.29 is 10.2 Å². The van der Waals surface area contributed by atoms with Crippen LogP contribution in [0.5, 0.6) is 0 Å². The number of halogens is 1. The molecular formula is C26H25ClN2O2. The number of nitrogens with zero attached hydrogens (tertiary/aromatic N) is 1. The van der Waals surface area contributed by atoms with Gasteiger partial charge in [-0.05, 0) is 54.3 Å². The third-order valence-electron chi connectivity index (χ3n) is 4.84. The van der Waals surface area contributed by atoms with Gasteiger partial charge < -0.3 is 15.5 Å². The number of pyridine rings is 1. The summed E-state index contributed by atoms with van der Waals surface area (Å²) in [5.74, 6) is 6.23. The second-order valence-corrected chi connectivity index (χ2v) is 7.91. The third kappa shape index (κ3) is 6.78. The van der Waals surface area contributed by atoms with Gasteiger partial charge in [-0.15, -0.1) is 0 Å². The Kier molecular flexibility index (Phi) is 8.00. The fourth-order valence-corrected chi connectivity index (χ4v) is 2.88. The summed E-state index contributed by atoms with van der Waals surface area (Å²) in [6.45, 7) is 2.08. The maximum Gasteiger partial charge on any atom is 0.113 e. The zero-order valence-electron chi connectivity index (χ0n) is 17.3. The van der Waals surface area contributed by atoms with E-state index in [0.717, 1.165) is 22.3 Å². The smallest absolute Gasteiger partial charge is 0.113 e. The van der Waals surface area contributed by atoms with Gasteiger partial charge in [0.2, 0.25) is 0 Å². The lowest BCUT2D eigenvalue weighted by molar-refractivity contribution is 0.107. The van der Waals surface area contributed by atoms with Crippen LogP contribution in [0.4, 0.5) is 0 Å². The molecule has 3 aromatic rings. The van der Waals surface area contributed by atoms with Gasteiger partial charge in [-0.25, -0.2) is 4.98 Å². The number of aliphatic hydroxyl groups excluding tert-OH is 2. The van der Waals surface area contributed by atoms with Crippen LogP contribution < -0.4 is 5.32 Å². The van der Waals surface area contributed by atoms with Crippen LogP contribution in [0.1, 0.15) is 23.7 Å². The van der Waals surface area contributed by atoms with Crippen molar-refractivity contribution in [1.29, 1.82) is 0 Å². The number of benzene rings is 2. The molecule has 0 spiro atoms. The van der Waals surface area contributed by atoms with Crippen molar-refractivity contribution in [1.82, 2.24) is 10.3 Å². The highest BCUT2D eigenvalue weighted by atomic mass is 35.5. The Hall–Kier alpha value is -2.94. The lowest BCUT2D eigenvalue weighted by atomic mass is 10.1. The number of rotatable bonds is 7. The van der Waals surface area contributed by atoms with Crippen molar-refractivity contribution in [3.8, 4) is 23.0 Å². The van der Waals surface area contributed by atoms with E-state index >= 15 is 0 Å². The standard InChI is InChI=1S/C26H25ClN2O2/c1-26(18-30,19-31)29-16-2-3-20-4-6-21(7-5-20)8-14-25-15-11-23(17-28-25)22-9-12-24(27)13-10-22/h2-7,9-13,15,17,29-31H,16,18-19H2,1H3. The van der Waals surface area contributed by atoms with Gasteiger partial charge in [0.1, 0.15) is 5.69 Å². The Balaban J connectivity index is 1.58. The molecule has 1 heterocycles. The minimum atomic E-state index is -0.676. The predicted molar refractivity (Wildman–Crippen MR) is 127 cm³/mol. The molecule has 158 valence electrons. The molecule has 0 atom stereocenters. The van der Waals surface area contributed by atoms with Crippen molar-refractivity contribution in [2.24, 2.45) is 0 Å². The van der Waals surface area contributed by atoms with Crippen molar-refractivity contribution in [3.63, 3.8) is 0 Å². The summed E-state index contributed by atoms with van der Waals surface area (Å²) in [4.78, 5) is 4.43. The van der Waals surface area contributed by atoms with Crippen molar-refractivity contribution in [2.45, 2.75) is 12.5 Å². The van der Waals surface area contributed by atoms with E-state index in [0.29, 0.717) is 17.3 Å². The first-order valence-electron chi connectivity index (χ1n) is 9.99. The monoisotopic (exact) mass is 432 g/mol. The van der Waals surface area contributed by atoms with Gasteiger partial charge >= 0.3 is 0 Å². The first-order valence-corrected chi connectivity index (χ1v) is 10.4. The average Bonchev–Trinajstić information content (AvgIpc) is 2.82. The van der Waals surface area contributed by atoms with Crippen LogP contribution in [0.15, 0.2) is 72.9 Å². The molecule has 1 aromatic heterocycles. The molecule has 0 amide bonds. The summed E-state index contributed by atoms with van der Waals surface area (Å²) in [5.41, 5.74) is 4.08. The minimum Gasteiger partial charge on any atom is -0.394 e. The van der Waals surface area contributed by atoms with Gasteiger partial charge in [-0.3, -0.25) is 0 Å². The number of nitrogens with one attached hydrogen (secondary N) is 1. The van der Waals surface area contributed by atoms with E-state index in [4.69, 9.17) is 11.6 Å². The molecule has 31 heavy (non-hydrogen) atoms. The molecule has 3 N–H and O–H groups in total. The van der Waals surface area contributed by atoms with Gasteiger partial charge in [0.15, 0.2) is 0 Å². The molecule has 0 fully saturated rings. The Bertz CT molecular complexity index is 1060. The van der Waals surface area contributed by atoms with Crippen LogP contribution in [0.3, 0.4) is 0 Å². The molecule has 2 aromatic carbocycles. The lowest BCUT2D eigenvalue weighted by Gasteiger charge is -2.25. The molecule has 3 rings (SSSR count). The summed E-state index contributed by atoms with van der Waals surface area (Å²) in [6, 6.07) is 19.5. The molecule has 0 aliphatic heterocycles. The van der Waals surface area contributed by atoms with Gasteiger partial charge in [-0.1, -0.05) is 60.0 Å². The molecule has 0 bridgehead atoms. The SMILES string of the molecule is CC(CO)(CO)NCC=Cc1ccc(C#Cc2ccc(-c3ccc(Cl)cc3)cn2)cc1. The lowest BCUT2D eigenvalue weighted by Crippen LogP contribution is -2.48. The van der Waals surface area contributed by atoms with E-state index in [-0.39, 0.29) is 13.2 Å². The summed E-state index contributed by atoms with van der Waals surface area (Å²) < 4.78 is 0. The van der Waals surface area contributed by atoms with Crippen LogP contribution in [-0.4, -0.2) is 40.5 Å². The highest BCUT2D eigenvalue weighted by Crippen LogP contribution is 2.20. The fraction of sp³-hybridized carbons (Fsp3) is 0.192. The van der Waals surface area contributed by atoms with Gasteiger partial charge in [0, 0.05) is 28.9 Å². The average molecular weight is 433 g/mol. The van der Waals surface area contributed by atoms with Crippen LogP contribution >= 0.6 is 11.6 Å². The highest BCUT2D eigenvalue weighted by Gasteiger charge is 2.19. The number of hydrogen-bond donors (Lipinski definition) is 3. The van der Waals surface area contributed by atoms with Gasteiger partial charge in [0.05, 0.1) is 18.8 Å². The number of aromatic nitrogens is 1. The van der Waals surface area contributed by atoms with Crippen molar-refractivity contribution >= 4 is 17.7 Å². The van der Waals surface area contributed by atoms with E-state index in [1.165, 1.54) is 0 Å².